The number of halogens is 1. The smallest absolute Gasteiger partial charge is 0.276 e. The third-order valence-electron chi connectivity index (χ3n) is 5.84. The summed E-state index contributed by atoms with van der Waals surface area (Å²) < 4.78 is 31.0. The Bertz CT molecular complexity index is 1740. The van der Waals surface area contributed by atoms with E-state index in [0.29, 0.717) is 51.0 Å². The number of carbonyl (C=O) groups is 1. The molecule has 0 atom stereocenters. The van der Waals surface area contributed by atoms with Crippen LogP contribution in [0.5, 0.6) is 23.1 Å². The van der Waals surface area contributed by atoms with Gasteiger partial charge in [0.2, 0.25) is 5.88 Å². The van der Waals surface area contributed by atoms with Crippen molar-refractivity contribution in [1.29, 1.82) is 0 Å². The molecule has 2 heterocycles. The second-order valence-electron chi connectivity index (χ2n) is 8.39. The molecule has 0 aliphatic heterocycles. The monoisotopic (exact) mass is 527 g/mol. The second-order valence-corrected chi connectivity index (χ2v) is 8.39. The van der Waals surface area contributed by atoms with Crippen LogP contribution in [0.3, 0.4) is 0 Å². The molecule has 5 aromatic rings. The van der Waals surface area contributed by atoms with Crippen molar-refractivity contribution in [3.05, 3.63) is 100 Å². The Balaban J connectivity index is 1.36. The zero-order valence-electron chi connectivity index (χ0n) is 21.1. The molecule has 1 amide bonds. The molecular weight excluding hydrogens is 505 g/mol. The normalized spacial score (nSPS) is 10.8. The summed E-state index contributed by atoms with van der Waals surface area (Å²) in [4.78, 5) is 33.9. The SMILES string of the molecule is COc1cc2ncnc(Oc3ccc(NC(=O)c4nn(-c5ccc(F)cc5)c(=O)cc4C)cc3)c2cc1OC. The molecule has 0 fully saturated rings. The predicted octanol–water partition coefficient (Wildman–Crippen LogP) is 4.69. The van der Waals surface area contributed by atoms with E-state index in [1.807, 2.05) is 0 Å². The molecule has 10 nitrogen and oxygen atoms in total. The molecule has 196 valence electrons. The highest BCUT2D eigenvalue weighted by atomic mass is 19.1. The van der Waals surface area contributed by atoms with Crippen LogP contribution < -0.4 is 25.1 Å². The average Bonchev–Trinajstić information content (AvgIpc) is 2.94. The summed E-state index contributed by atoms with van der Waals surface area (Å²) in [6.45, 7) is 1.62. The Labute approximate surface area is 221 Å². The summed E-state index contributed by atoms with van der Waals surface area (Å²) in [6, 6.07) is 16.7. The first-order chi connectivity index (χ1) is 18.9. The van der Waals surface area contributed by atoms with Crippen molar-refractivity contribution in [3.8, 4) is 28.8 Å². The van der Waals surface area contributed by atoms with E-state index in [0.717, 1.165) is 4.68 Å². The maximum absolute atomic E-state index is 13.3. The van der Waals surface area contributed by atoms with Crippen LogP contribution in [0, 0.1) is 12.7 Å². The van der Waals surface area contributed by atoms with E-state index in [9.17, 15) is 14.0 Å². The van der Waals surface area contributed by atoms with Gasteiger partial charge in [0.15, 0.2) is 17.2 Å². The number of amides is 1. The van der Waals surface area contributed by atoms with Crippen LogP contribution >= 0.6 is 0 Å². The number of rotatable bonds is 7. The molecule has 2 aromatic heterocycles. The molecule has 0 saturated heterocycles. The van der Waals surface area contributed by atoms with E-state index in [-0.39, 0.29) is 5.69 Å². The van der Waals surface area contributed by atoms with E-state index >= 15 is 0 Å². The van der Waals surface area contributed by atoms with Crippen LogP contribution in [0.15, 0.2) is 77.9 Å². The molecule has 0 bridgehead atoms. The number of carbonyl (C=O) groups excluding carboxylic acids is 1. The number of anilines is 1. The maximum Gasteiger partial charge on any atom is 0.276 e. The average molecular weight is 528 g/mol. The molecule has 0 saturated carbocycles. The lowest BCUT2D eigenvalue weighted by Gasteiger charge is -2.12. The molecule has 0 unspecified atom stereocenters. The van der Waals surface area contributed by atoms with Gasteiger partial charge in [-0.1, -0.05) is 0 Å². The number of aromatic nitrogens is 4. The number of aryl methyl sites for hydroxylation is 1. The lowest BCUT2D eigenvalue weighted by Crippen LogP contribution is -2.26. The largest absolute Gasteiger partial charge is 0.493 e. The molecule has 0 radical (unpaired) electrons. The fraction of sp³-hybridized carbons (Fsp3) is 0.107. The third-order valence-corrected chi connectivity index (χ3v) is 5.84. The number of hydrogen-bond donors (Lipinski definition) is 1. The molecule has 39 heavy (non-hydrogen) atoms. The van der Waals surface area contributed by atoms with Crippen LogP contribution in [0.4, 0.5) is 10.1 Å². The zero-order chi connectivity index (χ0) is 27.5. The van der Waals surface area contributed by atoms with Crippen molar-refractivity contribution in [1.82, 2.24) is 19.7 Å². The van der Waals surface area contributed by atoms with Gasteiger partial charge in [-0.3, -0.25) is 9.59 Å². The highest BCUT2D eigenvalue weighted by Gasteiger charge is 2.16. The number of fused-ring (bicyclic) bond motifs is 1. The van der Waals surface area contributed by atoms with Crippen molar-refractivity contribution < 1.29 is 23.4 Å². The maximum atomic E-state index is 13.3. The van der Waals surface area contributed by atoms with Gasteiger partial charge in [-0.25, -0.2) is 14.4 Å². The minimum Gasteiger partial charge on any atom is -0.493 e. The van der Waals surface area contributed by atoms with Gasteiger partial charge in [-0.2, -0.15) is 9.78 Å². The Hall–Kier alpha value is -5.32. The van der Waals surface area contributed by atoms with Crippen molar-refractivity contribution in [2.45, 2.75) is 6.92 Å². The molecule has 0 aliphatic carbocycles. The van der Waals surface area contributed by atoms with Gasteiger partial charge in [0, 0.05) is 17.8 Å². The van der Waals surface area contributed by atoms with E-state index in [1.165, 1.54) is 43.8 Å². The summed E-state index contributed by atoms with van der Waals surface area (Å²) in [5.41, 5.74) is 1.45. The van der Waals surface area contributed by atoms with Gasteiger partial charge >= 0.3 is 0 Å². The van der Waals surface area contributed by atoms with Crippen molar-refractivity contribution in [2.24, 2.45) is 0 Å². The Morgan fingerprint density at radius 2 is 1.62 bits per heavy atom. The van der Waals surface area contributed by atoms with Crippen molar-refractivity contribution in [2.75, 3.05) is 19.5 Å². The topological polar surface area (TPSA) is 117 Å². The van der Waals surface area contributed by atoms with Gasteiger partial charge < -0.3 is 19.5 Å². The van der Waals surface area contributed by atoms with Gasteiger partial charge in [0.1, 0.15) is 17.9 Å². The molecule has 11 heteroatoms. The molecule has 3 aromatic carbocycles. The zero-order valence-corrected chi connectivity index (χ0v) is 21.1. The predicted molar refractivity (Wildman–Crippen MR) is 142 cm³/mol. The fourth-order valence-electron chi connectivity index (χ4n) is 3.88. The number of ether oxygens (including phenoxy) is 3. The van der Waals surface area contributed by atoms with Gasteiger partial charge in [0.05, 0.1) is 30.8 Å². The first-order valence-corrected chi connectivity index (χ1v) is 11.7. The number of hydrogen-bond acceptors (Lipinski definition) is 8. The molecule has 1 N–H and O–H groups in total. The summed E-state index contributed by atoms with van der Waals surface area (Å²) in [7, 11) is 3.08. The van der Waals surface area contributed by atoms with Gasteiger partial charge in [-0.05, 0) is 67.1 Å². The summed E-state index contributed by atoms with van der Waals surface area (Å²) in [5, 5.41) is 7.60. The van der Waals surface area contributed by atoms with E-state index in [2.05, 4.69) is 20.4 Å². The van der Waals surface area contributed by atoms with Crippen LogP contribution in [-0.2, 0) is 0 Å². The highest BCUT2D eigenvalue weighted by Crippen LogP contribution is 2.35. The Morgan fingerprint density at radius 1 is 0.923 bits per heavy atom. The molecular formula is C28H22FN5O5. The van der Waals surface area contributed by atoms with Crippen LogP contribution in [0.2, 0.25) is 0 Å². The number of nitrogens with zero attached hydrogens (tertiary/aromatic N) is 4. The number of nitrogens with one attached hydrogen (secondary N) is 1. The third kappa shape index (κ3) is 5.23. The van der Waals surface area contributed by atoms with Crippen LogP contribution in [-0.4, -0.2) is 39.9 Å². The second kappa shape index (κ2) is 10.6. The highest BCUT2D eigenvalue weighted by molar-refractivity contribution is 6.03. The fourth-order valence-corrected chi connectivity index (χ4v) is 3.88. The number of benzene rings is 3. The Kier molecular flexibility index (Phi) is 6.87. The summed E-state index contributed by atoms with van der Waals surface area (Å²) in [6.07, 6.45) is 1.39. The quantitative estimate of drug-likeness (QED) is 0.324. The standard InChI is InChI=1S/C28H22FN5O5/c1-16-12-25(35)34(19-8-4-17(29)5-9-19)33-26(16)27(36)32-18-6-10-20(11-7-18)39-28-21-13-23(37-2)24(38-3)14-22(21)30-15-31-28/h4-15H,1-3H3,(H,32,36). The van der Waals surface area contributed by atoms with Crippen molar-refractivity contribution >= 4 is 22.5 Å². The minimum absolute atomic E-state index is 0.0519. The van der Waals surface area contributed by atoms with E-state index in [4.69, 9.17) is 14.2 Å². The van der Waals surface area contributed by atoms with Crippen LogP contribution in [0.1, 0.15) is 16.1 Å². The molecule has 0 aliphatic rings. The van der Waals surface area contributed by atoms with Gasteiger partial charge in [-0.15, -0.1) is 0 Å². The van der Waals surface area contributed by atoms with E-state index < -0.39 is 17.3 Å². The first kappa shape index (κ1) is 25.3. The molecule has 5 rings (SSSR count). The summed E-state index contributed by atoms with van der Waals surface area (Å²) >= 11 is 0. The number of methoxy groups -OCH3 is 2. The lowest BCUT2D eigenvalue weighted by atomic mass is 10.2. The minimum atomic E-state index is -0.514. The van der Waals surface area contributed by atoms with Gasteiger partial charge in [0.25, 0.3) is 11.5 Å². The summed E-state index contributed by atoms with van der Waals surface area (Å²) in [5.74, 6) is 0.879. The first-order valence-electron chi connectivity index (χ1n) is 11.7. The van der Waals surface area contributed by atoms with Crippen molar-refractivity contribution in [3.63, 3.8) is 0 Å². The van der Waals surface area contributed by atoms with Crippen LogP contribution in [0.25, 0.3) is 16.6 Å². The lowest BCUT2D eigenvalue weighted by molar-refractivity contribution is 0.102. The Morgan fingerprint density at radius 3 is 2.31 bits per heavy atom. The van der Waals surface area contributed by atoms with E-state index in [1.54, 1.807) is 50.4 Å². The molecule has 0 spiro atoms.